The lowest BCUT2D eigenvalue weighted by molar-refractivity contribution is 0.531. The third kappa shape index (κ3) is 12.7. The first-order chi connectivity index (χ1) is 13.9. The molecule has 0 spiro atoms. The Balaban J connectivity index is 0.00000420. The maximum Gasteiger partial charge on any atom is 0.166 e. The maximum absolute atomic E-state index is 4.63. The average Bonchev–Trinajstić information content (AvgIpc) is 3.13. The predicted octanol–water partition coefficient (Wildman–Crippen LogP) is 9.49. The van der Waals surface area contributed by atoms with Gasteiger partial charge < -0.3 is 4.98 Å². The molecule has 1 aromatic carbocycles. The second kappa shape index (κ2) is 18.3. The summed E-state index contributed by atoms with van der Waals surface area (Å²) in [5, 5.41) is 1.07. The monoisotopic (exact) mass is 482 g/mol. The highest BCUT2D eigenvalue weighted by atomic mass is 79.9. The number of hydrogen-bond donors (Lipinski definition) is 1. The number of nitrogens with zero attached hydrogens (tertiary/aromatic N) is 1. The van der Waals surface area contributed by atoms with Crippen molar-refractivity contribution in [2.75, 3.05) is 5.75 Å². The number of unbranched alkanes of at least 4 members (excludes halogenated alkanes) is 15. The van der Waals surface area contributed by atoms with Gasteiger partial charge in [0.15, 0.2) is 5.16 Å². The number of benzene rings is 1. The Morgan fingerprint density at radius 3 is 1.69 bits per heavy atom. The van der Waals surface area contributed by atoms with E-state index in [1.54, 1.807) is 0 Å². The molecule has 0 atom stereocenters. The Morgan fingerprint density at radius 1 is 0.690 bits per heavy atom. The first-order valence-corrected chi connectivity index (χ1v) is 13.0. The summed E-state index contributed by atoms with van der Waals surface area (Å²) in [7, 11) is 0. The van der Waals surface area contributed by atoms with E-state index in [1.807, 2.05) is 17.8 Å². The maximum atomic E-state index is 4.63. The van der Waals surface area contributed by atoms with Crippen LogP contribution in [0.3, 0.4) is 0 Å². The second-order valence-corrected chi connectivity index (χ2v) is 9.29. The summed E-state index contributed by atoms with van der Waals surface area (Å²) in [5.74, 6) is 1.18. The Kier molecular flexibility index (Phi) is 16.8. The highest BCUT2D eigenvalue weighted by Gasteiger charge is 2.02. The van der Waals surface area contributed by atoms with Crippen LogP contribution in [0.2, 0.25) is 0 Å². The molecule has 0 saturated carbocycles. The molecule has 2 rings (SSSR count). The first kappa shape index (κ1) is 26.6. The van der Waals surface area contributed by atoms with Gasteiger partial charge in [0.25, 0.3) is 0 Å². The summed E-state index contributed by atoms with van der Waals surface area (Å²) in [6, 6.07) is 8.28. The molecule has 0 aliphatic heterocycles. The first-order valence-electron chi connectivity index (χ1n) is 12.0. The number of nitrogens with one attached hydrogen (secondary N) is 1. The number of imidazole rings is 1. The van der Waals surface area contributed by atoms with Crippen molar-refractivity contribution in [3.63, 3.8) is 0 Å². The number of H-pyrrole nitrogens is 1. The van der Waals surface area contributed by atoms with Gasteiger partial charge in [-0.05, 0) is 18.6 Å². The summed E-state index contributed by atoms with van der Waals surface area (Å²) in [4.78, 5) is 8.03. The quantitative estimate of drug-likeness (QED) is 0.169. The predicted molar refractivity (Wildman–Crippen MR) is 137 cm³/mol. The smallest absolute Gasteiger partial charge is 0.166 e. The van der Waals surface area contributed by atoms with Crippen LogP contribution >= 0.6 is 28.7 Å². The van der Waals surface area contributed by atoms with Crippen molar-refractivity contribution in [1.29, 1.82) is 0 Å². The van der Waals surface area contributed by atoms with Crippen LogP contribution in [-0.4, -0.2) is 15.7 Å². The standard InChI is InChI=1S/C25H42N2S.BrH/c1-2-3-4-5-6-7-8-9-10-11-12-13-14-15-16-19-22-28-25-26-23-20-17-18-21-24(23)27-25;/h17-18,20-21H,2-16,19,22H2,1H3,(H,26,27);1H. The minimum atomic E-state index is 0. The third-order valence-electron chi connectivity index (χ3n) is 5.60. The van der Waals surface area contributed by atoms with Crippen LogP contribution in [0, 0.1) is 0 Å². The summed E-state index contributed by atoms with van der Waals surface area (Å²) in [5.41, 5.74) is 2.23. The Bertz CT molecular complexity index is 581. The van der Waals surface area contributed by atoms with Crippen LogP contribution in [0.15, 0.2) is 29.4 Å². The molecule has 0 unspecified atom stereocenters. The number of fused-ring (bicyclic) bond motifs is 1. The van der Waals surface area contributed by atoms with E-state index in [0.29, 0.717) is 0 Å². The van der Waals surface area contributed by atoms with Crippen molar-refractivity contribution in [3.8, 4) is 0 Å². The molecule has 0 amide bonds. The Morgan fingerprint density at radius 2 is 1.17 bits per heavy atom. The summed E-state index contributed by atoms with van der Waals surface area (Å²) in [6.07, 6.45) is 22.9. The van der Waals surface area contributed by atoms with Crippen LogP contribution < -0.4 is 0 Å². The van der Waals surface area contributed by atoms with E-state index in [2.05, 4.69) is 35.1 Å². The normalized spacial score (nSPS) is 11.1. The molecule has 0 bridgehead atoms. The van der Waals surface area contributed by atoms with E-state index >= 15 is 0 Å². The number of rotatable bonds is 18. The van der Waals surface area contributed by atoms with Gasteiger partial charge in [-0.2, -0.15) is 0 Å². The number of hydrogen-bond acceptors (Lipinski definition) is 2. The van der Waals surface area contributed by atoms with E-state index in [-0.39, 0.29) is 17.0 Å². The number of thioether (sulfide) groups is 1. The van der Waals surface area contributed by atoms with Gasteiger partial charge in [0.2, 0.25) is 0 Å². The van der Waals surface area contributed by atoms with Gasteiger partial charge in [-0.3, -0.25) is 0 Å². The molecule has 2 nitrogen and oxygen atoms in total. The van der Waals surface area contributed by atoms with Gasteiger partial charge in [0.1, 0.15) is 0 Å². The van der Waals surface area contributed by atoms with Gasteiger partial charge in [0, 0.05) is 5.75 Å². The molecule has 0 saturated heterocycles. The molecule has 1 heterocycles. The molecule has 0 fully saturated rings. The van der Waals surface area contributed by atoms with Crippen LogP contribution in [-0.2, 0) is 0 Å². The minimum Gasteiger partial charge on any atom is -0.333 e. The Hall–Kier alpha value is -0.480. The average molecular weight is 484 g/mol. The van der Waals surface area contributed by atoms with Gasteiger partial charge in [-0.15, -0.1) is 17.0 Å². The lowest BCUT2D eigenvalue weighted by Gasteiger charge is -2.03. The summed E-state index contributed by atoms with van der Waals surface area (Å²) in [6.45, 7) is 2.29. The van der Waals surface area contributed by atoms with Crippen molar-refractivity contribution in [2.24, 2.45) is 0 Å². The van der Waals surface area contributed by atoms with Crippen LogP contribution in [0.5, 0.6) is 0 Å². The molecule has 0 aliphatic carbocycles. The van der Waals surface area contributed by atoms with Crippen molar-refractivity contribution in [3.05, 3.63) is 24.3 Å². The second-order valence-electron chi connectivity index (χ2n) is 8.21. The number of aromatic amines is 1. The van der Waals surface area contributed by atoms with Gasteiger partial charge in [-0.1, -0.05) is 127 Å². The molecular formula is C25H43BrN2S. The zero-order valence-corrected chi connectivity index (χ0v) is 21.1. The fourth-order valence-electron chi connectivity index (χ4n) is 3.82. The highest BCUT2D eigenvalue weighted by molar-refractivity contribution is 8.93. The number of halogens is 1. The van der Waals surface area contributed by atoms with Crippen molar-refractivity contribution in [1.82, 2.24) is 9.97 Å². The topological polar surface area (TPSA) is 28.7 Å². The van der Waals surface area contributed by atoms with E-state index in [1.165, 1.54) is 108 Å². The number of aromatic nitrogens is 2. The Labute approximate surface area is 194 Å². The molecule has 1 N–H and O–H groups in total. The minimum absolute atomic E-state index is 0. The molecule has 0 aliphatic rings. The van der Waals surface area contributed by atoms with E-state index in [9.17, 15) is 0 Å². The summed E-state index contributed by atoms with van der Waals surface area (Å²) >= 11 is 1.87. The molecule has 0 radical (unpaired) electrons. The van der Waals surface area contributed by atoms with Gasteiger partial charge >= 0.3 is 0 Å². The van der Waals surface area contributed by atoms with E-state index in [4.69, 9.17) is 0 Å². The molecule has 4 heteroatoms. The summed E-state index contributed by atoms with van der Waals surface area (Å²) < 4.78 is 0. The fraction of sp³-hybridized carbons (Fsp3) is 0.720. The fourth-order valence-corrected chi connectivity index (χ4v) is 4.70. The molecule has 166 valence electrons. The lowest BCUT2D eigenvalue weighted by Crippen LogP contribution is -1.85. The largest absolute Gasteiger partial charge is 0.333 e. The van der Waals surface area contributed by atoms with E-state index in [0.717, 1.165) is 16.2 Å². The van der Waals surface area contributed by atoms with Crippen LogP contribution in [0.1, 0.15) is 110 Å². The highest BCUT2D eigenvalue weighted by Crippen LogP contribution is 2.21. The van der Waals surface area contributed by atoms with Crippen molar-refractivity contribution < 1.29 is 0 Å². The van der Waals surface area contributed by atoms with E-state index < -0.39 is 0 Å². The molecular weight excluding hydrogens is 440 g/mol. The van der Waals surface area contributed by atoms with Gasteiger partial charge in [0.05, 0.1) is 11.0 Å². The van der Waals surface area contributed by atoms with Crippen molar-refractivity contribution >= 4 is 39.8 Å². The van der Waals surface area contributed by atoms with Crippen LogP contribution in [0.25, 0.3) is 11.0 Å². The molecule has 1 aromatic heterocycles. The SMILES string of the molecule is Br.CCCCCCCCCCCCCCCCCCSc1nc2ccccc2[nH]1. The van der Waals surface area contributed by atoms with Crippen molar-refractivity contribution in [2.45, 2.75) is 115 Å². The third-order valence-corrected chi connectivity index (χ3v) is 6.56. The van der Waals surface area contributed by atoms with Crippen LogP contribution in [0.4, 0.5) is 0 Å². The zero-order valence-electron chi connectivity index (χ0n) is 18.6. The number of para-hydroxylation sites is 2. The molecule has 2 aromatic rings. The zero-order chi connectivity index (χ0) is 19.7. The van der Waals surface area contributed by atoms with Gasteiger partial charge in [-0.25, -0.2) is 4.98 Å². The molecule has 29 heavy (non-hydrogen) atoms. The lowest BCUT2D eigenvalue weighted by atomic mass is 10.0.